The van der Waals surface area contributed by atoms with E-state index in [1.165, 1.54) is 6.92 Å². The van der Waals surface area contributed by atoms with Gasteiger partial charge in [-0.3, -0.25) is 4.79 Å². The molecule has 1 atom stereocenters. The molecule has 4 nitrogen and oxygen atoms in total. The lowest BCUT2D eigenvalue weighted by Gasteiger charge is -2.14. The average Bonchev–Trinajstić information content (AvgIpc) is 2.69. The van der Waals surface area contributed by atoms with Gasteiger partial charge in [0.15, 0.2) is 6.10 Å². The standard InChI is InChI=1S/C22H17ClO4/c1-15(21(24)16-11-13-17(23)14-12-16)26-22(25)19-9-5-6-10-20(19)27-18-7-3-2-4-8-18/h2-15H,1H3/t15-/m1/s1. The van der Waals surface area contributed by atoms with Crippen LogP contribution < -0.4 is 4.74 Å². The van der Waals surface area contributed by atoms with E-state index in [4.69, 9.17) is 21.1 Å². The lowest BCUT2D eigenvalue weighted by atomic mass is 10.1. The van der Waals surface area contributed by atoms with Gasteiger partial charge in [0.25, 0.3) is 0 Å². The van der Waals surface area contributed by atoms with Gasteiger partial charge in [-0.15, -0.1) is 0 Å². The topological polar surface area (TPSA) is 52.6 Å². The minimum Gasteiger partial charge on any atom is -0.456 e. The number of esters is 1. The van der Waals surface area contributed by atoms with Gasteiger partial charge in [-0.1, -0.05) is 41.9 Å². The molecule has 5 heteroatoms. The second kappa shape index (κ2) is 8.52. The van der Waals surface area contributed by atoms with E-state index in [0.29, 0.717) is 22.1 Å². The van der Waals surface area contributed by atoms with Crippen molar-refractivity contribution in [3.8, 4) is 11.5 Å². The zero-order valence-corrected chi connectivity index (χ0v) is 15.3. The largest absolute Gasteiger partial charge is 0.456 e. The Bertz CT molecular complexity index is 936. The van der Waals surface area contributed by atoms with Gasteiger partial charge >= 0.3 is 5.97 Å². The van der Waals surface area contributed by atoms with E-state index in [0.717, 1.165) is 0 Å². The average molecular weight is 381 g/mol. The Morgan fingerprint density at radius 2 is 1.48 bits per heavy atom. The van der Waals surface area contributed by atoms with Gasteiger partial charge in [0, 0.05) is 10.6 Å². The van der Waals surface area contributed by atoms with Crippen molar-refractivity contribution in [2.24, 2.45) is 0 Å². The van der Waals surface area contributed by atoms with E-state index in [1.807, 2.05) is 18.2 Å². The molecule has 0 N–H and O–H groups in total. The number of para-hydroxylation sites is 2. The number of rotatable bonds is 6. The molecule has 27 heavy (non-hydrogen) atoms. The molecule has 0 saturated carbocycles. The highest BCUT2D eigenvalue weighted by Crippen LogP contribution is 2.26. The van der Waals surface area contributed by atoms with Crippen LogP contribution in [0.15, 0.2) is 78.9 Å². The first-order valence-electron chi connectivity index (χ1n) is 8.37. The number of benzene rings is 3. The third-order valence-corrected chi connectivity index (χ3v) is 4.11. The van der Waals surface area contributed by atoms with Crippen LogP contribution in [0.4, 0.5) is 0 Å². The number of halogens is 1. The van der Waals surface area contributed by atoms with Crippen LogP contribution in [-0.4, -0.2) is 17.9 Å². The van der Waals surface area contributed by atoms with Crippen molar-refractivity contribution in [2.45, 2.75) is 13.0 Å². The summed E-state index contributed by atoms with van der Waals surface area (Å²) in [4.78, 5) is 25.0. The van der Waals surface area contributed by atoms with Gasteiger partial charge in [0.2, 0.25) is 5.78 Å². The Kier molecular flexibility index (Phi) is 5.89. The summed E-state index contributed by atoms with van der Waals surface area (Å²) in [5.74, 6) is 0.0284. The van der Waals surface area contributed by atoms with Gasteiger partial charge in [0.1, 0.15) is 17.1 Å². The van der Waals surface area contributed by atoms with Crippen LogP contribution in [0.2, 0.25) is 5.02 Å². The fraction of sp³-hybridized carbons (Fsp3) is 0.0909. The van der Waals surface area contributed by atoms with Crippen molar-refractivity contribution in [2.75, 3.05) is 0 Å². The maximum absolute atomic E-state index is 12.6. The minimum absolute atomic E-state index is 0.247. The first-order valence-corrected chi connectivity index (χ1v) is 8.75. The van der Waals surface area contributed by atoms with Crippen molar-refractivity contribution in [1.82, 2.24) is 0 Å². The first kappa shape index (κ1) is 18.7. The third-order valence-electron chi connectivity index (χ3n) is 3.86. The van der Waals surface area contributed by atoms with Crippen LogP contribution in [0.25, 0.3) is 0 Å². The van der Waals surface area contributed by atoms with Crippen molar-refractivity contribution in [3.63, 3.8) is 0 Å². The van der Waals surface area contributed by atoms with Crippen molar-refractivity contribution in [3.05, 3.63) is 95.0 Å². The molecule has 0 unspecified atom stereocenters. The van der Waals surface area contributed by atoms with Crippen LogP contribution in [0, 0.1) is 0 Å². The molecule has 0 amide bonds. The lowest BCUT2D eigenvalue weighted by Crippen LogP contribution is -2.24. The Morgan fingerprint density at radius 3 is 2.19 bits per heavy atom. The molecule has 3 aromatic carbocycles. The number of carbonyl (C=O) groups is 2. The summed E-state index contributed by atoms with van der Waals surface area (Å²) in [7, 11) is 0. The van der Waals surface area contributed by atoms with Crippen LogP contribution in [0.1, 0.15) is 27.6 Å². The second-order valence-corrected chi connectivity index (χ2v) is 6.27. The summed E-state index contributed by atoms with van der Waals surface area (Å²) in [5.41, 5.74) is 0.672. The fourth-order valence-electron chi connectivity index (χ4n) is 2.47. The molecule has 0 spiro atoms. The van der Waals surface area contributed by atoms with Crippen LogP contribution in [0.5, 0.6) is 11.5 Å². The smallest absolute Gasteiger partial charge is 0.342 e. The Morgan fingerprint density at radius 1 is 0.852 bits per heavy atom. The van der Waals surface area contributed by atoms with E-state index >= 15 is 0 Å². The second-order valence-electron chi connectivity index (χ2n) is 5.83. The fourth-order valence-corrected chi connectivity index (χ4v) is 2.59. The number of ether oxygens (including phenoxy) is 2. The summed E-state index contributed by atoms with van der Waals surface area (Å²) in [6.45, 7) is 1.54. The molecular formula is C22H17ClO4. The van der Waals surface area contributed by atoms with E-state index in [-0.39, 0.29) is 11.3 Å². The summed E-state index contributed by atoms with van der Waals surface area (Å²) in [6, 6.07) is 22.3. The molecule has 0 aromatic heterocycles. The molecule has 136 valence electrons. The summed E-state index contributed by atoms with van der Waals surface area (Å²) in [6.07, 6.45) is -0.941. The van der Waals surface area contributed by atoms with E-state index in [9.17, 15) is 9.59 Å². The zero-order valence-electron chi connectivity index (χ0n) is 14.6. The monoisotopic (exact) mass is 380 g/mol. The molecule has 3 rings (SSSR count). The highest BCUT2D eigenvalue weighted by Gasteiger charge is 2.22. The van der Waals surface area contributed by atoms with Crippen molar-refractivity contribution in [1.29, 1.82) is 0 Å². The predicted octanol–water partition coefficient (Wildman–Crippen LogP) is 5.56. The Labute approximate surface area is 162 Å². The number of Topliss-reactive ketones (excluding diaryl/α,β-unsaturated/α-hetero) is 1. The molecule has 0 heterocycles. The van der Waals surface area contributed by atoms with E-state index < -0.39 is 12.1 Å². The predicted molar refractivity (Wildman–Crippen MR) is 104 cm³/mol. The molecule has 0 radical (unpaired) electrons. The third kappa shape index (κ3) is 4.74. The number of hydrogen-bond acceptors (Lipinski definition) is 4. The van der Waals surface area contributed by atoms with E-state index in [1.54, 1.807) is 60.7 Å². The van der Waals surface area contributed by atoms with Gasteiger partial charge in [-0.25, -0.2) is 4.79 Å². The maximum atomic E-state index is 12.6. The maximum Gasteiger partial charge on any atom is 0.342 e. The van der Waals surface area contributed by atoms with Crippen LogP contribution in [-0.2, 0) is 4.74 Å². The zero-order chi connectivity index (χ0) is 19.2. The molecule has 0 fully saturated rings. The Hall–Kier alpha value is -3.11. The molecule has 0 aliphatic carbocycles. The molecule has 3 aromatic rings. The Balaban J connectivity index is 1.74. The normalized spacial score (nSPS) is 11.5. The number of ketones is 1. The highest BCUT2D eigenvalue weighted by molar-refractivity contribution is 6.30. The van der Waals surface area contributed by atoms with Gasteiger partial charge in [-0.05, 0) is 55.5 Å². The SMILES string of the molecule is C[C@@H](OC(=O)c1ccccc1Oc1ccccc1)C(=O)c1ccc(Cl)cc1. The number of carbonyl (C=O) groups excluding carboxylic acids is 2. The van der Waals surface area contributed by atoms with Gasteiger partial charge in [-0.2, -0.15) is 0 Å². The van der Waals surface area contributed by atoms with Crippen molar-refractivity contribution >= 4 is 23.4 Å². The molecule has 0 aliphatic rings. The van der Waals surface area contributed by atoms with Gasteiger partial charge in [0.05, 0.1) is 0 Å². The van der Waals surface area contributed by atoms with E-state index in [2.05, 4.69) is 0 Å². The highest BCUT2D eigenvalue weighted by atomic mass is 35.5. The lowest BCUT2D eigenvalue weighted by molar-refractivity contribution is 0.0316. The molecule has 0 bridgehead atoms. The summed E-state index contributed by atoms with van der Waals surface area (Å²) in [5, 5.41) is 0.531. The van der Waals surface area contributed by atoms with Crippen LogP contribution in [0.3, 0.4) is 0 Å². The quantitative estimate of drug-likeness (QED) is 0.415. The molecule has 0 aliphatic heterocycles. The van der Waals surface area contributed by atoms with Gasteiger partial charge < -0.3 is 9.47 Å². The summed E-state index contributed by atoms with van der Waals surface area (Å²) >= 11 is 5.83. The summed E-state index contributed by atoms with van der Waals surface area (Å²) < 4.78 is 11.1. The van der Waals surface area contributed by atoms with Crippen molar-refractivity contribution < 1.29 is 19.1 Å². The first-order chi connectivity index (χ1) is 13.0. The minimum atomic E-state index is -0.941. The van der Waals surface area contributed by atoms with Crippen LogP contribution >= 0.6 is 11.6 Å². The molecular weight excluding hydrogens is 364 g/mol. The molecule has 0 saturated heterocycles. The number of hydrogen-bond donors (Lipinski definition) is 0.